The SMILES string of the molecule is COc1ccc(C2Oc3ccc(O)cc3C(=O)C2=Cc2cccc([N+](=O)[O-])c2)cc1. The number of Topliss-reactive ketones (excluding diaryl/α,β-unsaturated/α-hetero) is 1. The van der Waals surface area contributed by atoms with Crippen molar-refractivity contribution in [3.05, 3.63) is 99.1 Å². The summed E-state index contributed by atoms with van der Waals surface area (Å²) in [5.41, 5.74) is 1.68. The number of carbonyl (C=O) groups excluding carboxylic acids is 1. The fraction of sp³-hybridized carbons (Fsp3) is 0.0870. The zero-order chi connectivity index (χ0) is 21.3. The van der Waals surface area contributed by atoms with E-state index in [1.165, 1.54) is 24.3 Å². The molecule has 0 amide bonds. The summed E-state index contributed by atoms with van der Waals surface area (Å²) in [4.78, 5) is 23.9. The standard InChI is InChI=1S/C23H17NO6/c1-29-18-8-5-15(6-9-18)23-20(12-14-3-2-4-16(11-14)24(27)28)22(26)19-13-17(25)7-10-21(19)30-23/h2-13,23,25H,1H3. The van der Waals surface area contributed by atoms with E-state index in [1.54, 1.807) is 55.7 Å². The Kier molecular flexibility index (Phi) is 4.93. The molecule has 150 valence electrons. The van der Waals surface area contributed by atoms with Gasteiger partial charge in [-0.2, -0.15) is 0 Å². The number of carbonyl (C=O) groups is 1. The third-order valence-electron chi connectivity index (χ3n) is 4.82. The average molecular weight is 403 g/mol. The van der Waals surface area contributed by atoms with Gasteiger partial charge in [0.2, 0.25) is 0 Å². The minimum absolute atomic E-state index is 0.0525. The van der Waals surface area contributed by atoms with E-state index in [0.717, 1.165) is 5.56 Å². The van der Waals surface area contributed by atoms with E-state index in [9.17, 15) is 20.0 Å². The maximum Gasteiger partial charge on any atom is 0.270 e. The Morgan fingerprint density at radius 2 is 1.87 bits per heavy atom. The van der Waals surface area contributed by atoms with Gasteiger partial charge in [-0.3, -0.25) is 14.9 Å². The van der Waals surface area contributed by atoms with Gasteiger partial charge in [0.1, 0.15) is 17.2 Å². The molecule has 1 aliphatic rings. The lowest BCUT2D eigenvalue weighted by atomic mass is 9.89. The van der Waals surface area contributed by atoms with Gasteiger partial charge in [-0.05, 0) is 47.5 Å². The molecule has 1 N–H and O–H groups in total. The number of hydrogen-bond donors (Lipinski definition) is 1. The van der Waals surface area contributed by atoms with E-state index in [0.29, 0.717) is 22.6 Å². The van der Waals surface area contributed by atoms with Crippen molar-refractivity contribution in [2.45, 2.75) is 6.10 Å². The third kappa shape index (κ3) is 3.60. The summed E-state index contributed by atoms with van der Waals surface area (Å²) in [7, 11) is 1.56. The first-order chi connectivity index (χ1) is 14.5. The molecular formula is C23H17NO6. The summed E-state index contributed by atoms with van der Waals surface area (Å²) >= 11 is 0. The number of benzene rings is 3. The fourth-order valence-corrected chi connectivity index (χ4v) is 3.34. The molecule has 0 radical (unpaired) electrons. The molecule has 0 fully saturated rings. The fourth-order valence-electron chi connectivity index (χ4n) is 3.34. The van der Waals surface area contributed by atoms with Crippen LogP contribution in [-0.4, -0.2) is 22.9 Å². The number of ketones is 1. The smallest absolute Gasteiger partial charge is 0.270 e. The summed E-state index contributed by atoms with van der Waals surface area (Å²) in [5.74, 6) is 0.646. The Hall–Kier alpha value is -4.13. The van der Waals surface area contributed by atoms with Crippen molar-refractivity contribution in [3.8, 4) is 17.2 Å². The number of ether oxygens (including phenoxy) is 2. The van der Waals surface area contributed by atoms with Crippen molar-refractivity contribution < 1.29 is 24.3 Å². The van der Waals surface area contributed by atoms with Gasteiger partial charge in [0.15, 0.2) is 11.9 Å². The van der Waals surface area contributed by atoms with Crippen molar-refractivity contribution in [1.82, 2.24) is 0 Å². The molecular weight excluding hydrogens is 386 g/mol. The molecule has 30 heavy (non-hydrogen) atoms. The van der Waals surface area contributed by atoms with Crippen LogP contribution >= 0.6 is 0 Å². The van der Waals surface area contributed by atoms with Gasteiger partial charge in [-0.25, -0.2) is 0 Å². The van der Waals surface area contributed by atoms with Gasteiger partial charge >= 0.3 is 0 Å². The lowest BCUT2D eigenvalue weighted by Crippen LogP contribution is -2.23. The molecule has 0 saturated heterocycles. The number of nitro benzene ring substituents is 1. The lowest BCUT2D eigenvalue weighted by molar-refractivity contribution is -0.384. The number of phenolic OH excluding ortho intramolecular Hbond substituents is 1. The summed E-state index contributed by atoms with van der Waals surface area (Å²) in [6, 6.07) is 17.5. The minimum atomic E-state index is -0.722. The average Bonchev–Trinajstić information content (AvgIpc) is 2.76. The zero-order valence-corrected chi connectivity index (χ0v) is 15.9. The van der Waals surface area contributed by atoms with Crippen LogP contribution in [0.1, 0.15) is 27.6 Å². The van der Waals surface area contributed by atoms with Crippen LogP contribution in [0.15, 0.2) is 72.3 Å². The predicted molar refractivity (Wildman–Crippen MR) is 110 cm³/mol. The number of fused-ring (bicyclic) bond motifs is 1. The molecule has 0 saturated carbocycles. The molecule has 3 aromatic rings. The van der Waals surface area contributed by atoms with Gasteiger partial charge in [0.05, 0.1) is 17.6 Å². The molecule has 0 aromatic heterocycles. The lowest BCUT2D eigenvalue weighted by Gasteiger charge is -2.28. The highest BCUT2D eigenvalue weighted by molar-refractivity contribution is 6.14. The Bertz CT molecular complexity index is 1170. The highest BCUT2D eigenvalue weighted by atomic mass is 16.6. The Labute approximate surface area is 172 Å². The highest BCUT2D eigenvalue weighted by Crippen LogP contribution is 2.41. The Morgan fingerprint density at radius 1 is 1.10 bits per heavy atom. The summed E-state index contributed by atoms with van der Waals surface area (Å²) in [6.07, 6.45) is 0.858. The molecule has 0 bridgehead atoms. The van der Waals surface area contributed by atoms with Crippen LogP contribution in [0.2, 0.25) is 0 Å². The van der Waals surface area contributed by atoms with Crippen molar-refractivity contribution in [3.63, 3.8) is 0 Å². The molecule has 1 aliphatic heterocycles. The number of phenols is 1. The first-order valence-electron chi connectivity index (χ1n) is 9.10. The molecule has 3 aromatic carbocycles. The summed E-state index contributed by atoms with van der Waals surface area (Å²) < 4.78 is 11.3. The van der Waals surface area contributed by atoms with E-state index >= 15 is 0 Å². The molecule has 0 spiro atoms. The van der Waals surface area contributed by atoms with Crippen LogP contribution in [0, 0.1) is 10.1 Å². The topological polar surface area (TPSA) is 98.9 Å². The Balaban J connectivity index is 1.85. The molecule has 0 aliphatic carbocycles. The monoisotopic (exact) mass is 403 g/mol. The molecule has 1 atom stereocenters. The van der Waals surface area contributed by atoms with E-state index < -0.39 is 11.0 Å². The number of hydrogen-bond acceptors (Lipinski definition) is 6. The van der Waals surface area contributed by atoms with Crippen molar-refractivity contribution in [2.75, 3.05) is 7.11 Å². The van der Waals surface area contributed by atoms with E-state index in [-0.39, 0.29) is 22.8 Å². The summed E-state index contributed by atoms with van der Waals surface area (Å²) in [6.45, 7) is 0. The zero-order valence-electron chi connectivity index (χ0n) is 15.9. The van der Waals surface area contributed by atoms with Gasteiger partial charge in [0, 0.05) is 17.7 Å². The second kappa shape index (κ2) is 7.71. The maximum atomic E-state index is 13.3. The van der Waals surface area contributed by atoms with Crippen LogP contribution in [0.4, 0.5) is 5.69 Å². The van der Waals surface area contributed by atoms with Gasteiger partial charge in [-0.1, -0.05) is 24.3 Å². The number of non-ortho nitro benzene ring substituents is 1. The van der Waals surface area contributed by atoms with Crippen LogP contribution in [0.5, 0.6) is 17.2 Å². The third-order valence-corrected chi connectivity index (χ3v) is 4.82. The van der Waals surface area contributed by atoms with Crippen molar-refractivity contribution in [2.24, 2.45) is 0 Å². The van der Waals surface area contributed by atoms with Gasteiger partial charge < -0.3 is 14.6 Å². The number of methoxy groups -OCH3 is 1. The largest absolute Gasteiger partial charge is 0.508 e. The van der Waals surface area contributed by atoms with Crippen LogP contribution in [0.25, 0.3) is 6.08 Å². The highest BCUT2D eigenvalue weighted by Gasteiger charge is 2.33. The summed E-state index contributed by atoms with van der Waals surface area (Å²) in [5, 5.41) is 20.9. The van der Waals surface area contributed by atoms with Crippen molar-refractivity contribution >= 4 is 17.5 Å². The van der Waals surface area contributed by atoms with Gasteiger partial charge in [-0.15, -0.1) is 0 Å². The molecule has 7 heteroatoms. The van der Waals surface area contributed by atoms with E-state index in [1.807, 2.05) is 0 Å². The quantitative estimate of drug-likeness (QED) is 0.385. The van der Waals surface area contributed by atoms with Crippen LogP contribution < -0.4 is 9.47 Å². The molecule has 1 heterocycles. The number of aromatic hydroxyl groups is 1. The predicted octanol–water partition coefficient (Wildman–Crippen LogP) is 4.71. The molecule has 1 unspecified atom stereocenters. The Morgan fingerprint density at radius 3 is 2.57 bits per heavy atom. The van der Waals surface area contributed by atoms with Crippen molar-refractivity contribution in [1.29, 1.82) is 0 Å². The van der Waals surface area contributed by atoms with E-state index in [4.69, 9.17) is 9.47 Å². The second-order valence-corrected chi connectivity index (χ2v) is 6.73. The first kappa shape index (κ1) is 19.2. The van der Waals surface area contributed by atoms with Crippen LogP contribution in [0.3, 0.4) is 0 Å². The van der Waals surface area contributed by atoms with Gasteiger partial charge in [0.25, 0.3) is 5.69 Å². The van der Waals surface area contributed by atoms with Crippen LogP contribution in [-0.2, 0) is 0 Å². The first-order valence-corrected chi connectivity index (χ1v) is 9.10. The number of nitrogens with zero attached hydrogens (tertiary/aromatic N) is 1. The minimum Gasteiger partial charge on any atom is -0.508 e. The molecule has 7 nitrogen and oxygen atoms in total. The molecule has 4 rings (SSSR count). The second-order valence-electron chi connectivity index (χ2n) is 6.73. The maximum absolute atomic E-state index is 13.3. The number of nitro groups is 1. The normalized spacial score (nSPS) is 16.6. The van der Waals surface area contributed by atoms with E-state index in [2.05, 4.69) is 0 Å². The number of rotatable bonds is 4.